The van der Waals surface area contributed by atoms with E-state index in [9.17, 15) is 4.79 Å². The number of piperidine rings is 1. The molecule has 0 spiro atoms. The number of carbonyl (C=O) groups is 1. The predicted molar refractivity (Wildman–Crippen MR) is 71.2 cm³/mol. The summed E-state index contributed by atoms with van der Waals surface area (Å²) >= 11 is 0. The Morgan fingerprint density at radius 2 is 2.16 bits per heavy atom. The topological polar surface area (TPSA) is 59.6 Å². The van der Waals surface area contributed by atoms with Crippen molar-refractivity contribution in [1.29, 1.82) is 0 Å². The van der Waals surface area contributed by atoms with Gasteiger partial charge in [-0.25, -0.2) is 0 Å². The fourth-order valence-electron chi connectivity index (χ4n) is 2.12. The zero-order valence-electron chi connectivity index (χ0n) is 11.1. The maximum absolute atomic E-state index is 11.3. The number of esters is 1. The van der Waals surface area contributed by atoms with Crippen LogP contribution >= 0.6 is 0 Å². The summed E-state index contributed by atoms with van der Waals surface area (Å²) in [6.07, 6.45) is 1.65. The Hall–Kier alpha value is -1.43. The predicted octanol–water partition coefficient (Wildman–Crippen LogP) is 1.00. The standard InChI is InChI=1S/C14H20N2O3/c1-18-14(17)13-8-7-12(9-15-13)16-19-10-11-5-3-2-4-6-11/h2-6,12-13,15-16H,7-10H2,1H3. The third-order valence-electron chi connectivity index (χ3n) is 3.23. The molecule has 2 N–H and O–H groups in total. The zero-order valence-corrected chi connectivity index (χ0v) is 11.1. The summed E-state index contributed by atoms with van der Waals surface area (Å²) in [4.78, 5) is 16.8. The van der Waals surface area contributed by atoms with E-state index < -0.39 is 0 Å². The van der Waals surface area contributed by atoms with Gasteiger partial charge in [-0.1, -0.05) is 30.3 Å². The number of benzene rings is 1. The quantitative estimate of drug-likeness (QED) is 0.614. The van der Waals surface area contributed by atoms with Crippen LogP contribution in [0.15, 0.2) is 30.3 Å². The van der Waals surface area contributed by atoms with E-state index in [2.05, 4.69) is 10.8 Å². The van der Waals surface area contributed by atoms with Crippen LogP contribution in [0.3, 0.4) is 0 Å². The summed E-state index contributed by atoms with van der Waals surface area (Å²) in [6, 6.07) is 10.0. The maximum atomic E-state index is 11.3. The number of hydrogen-bond donors (Lipinski definition) is 2. The van der Waals surface area contributed by atoms with Crippen LogP contribution in [0.1, 0.15) is 18.4 Å². The van der Waals surface area contributed by atoms with Crippen molar-refractivity contribution in [3.63, 3.8) is 0 Å². The molecule has 1 aromatic carbocycles. The Labute approximate surface area is 113 Å². The third-order valence-corrected chi connectivity index (χ3v) is 3.23. The van der Waals surface area contributed by atoms with Crippen molar-refractivity contribution in [2.45, 2.75) is 31.5 Å². The average Bonchev–Trinajstić information content (AvgIpc) is 2.48. The second-order valence-electron chi connectivity index (χ2n) is 4.65. The minimum atomic E-state index is -0.191. The highest BCUT2D eigenvalue weighted by Gasteiger charge is 2.26. The molecule has 1 heterocycles. The van der Waals surface area contributed by atoms with E-state index in [0.29, 0.717) is 13.2 Å². The highest BCUT2D eigenvalue weighted by Crippen LogP contribution is 2.10. The molecule has 1 fully saturated rings. The molecule has 2 unspecified atom stereocenters. The maximum Gasteiger partial charge on any atom is 0.322 e. The van der Waals surface area contributed by atoms with E-state index in [4.69, 9.17) is 9.57 Å². The Morgan fingerprint density at radius 3 is 2.79 bits per heavy atom. The fraction of sp³-hybridized carbons (Fsp3) is 0.500. The van der Waals surface area contributed by atoms with Gasteiger partial charge in [0.1, 0.15) is 6.04 Å². The molecule has 0 amide bonds. The number of methoxy groups -OCH3 is 1. The molecule has 2 atom stereocenters. The fourth-order valence-corrected chi connectivity index (χ4v) is 2.12. The summed E-state index contributed by atoms with van der Waals surface area (Å²) in [6.45, 7) is 1.24. The number of nitrogens with one attached hydrogen (secondary N) is 2. The first kappa shape index (κ1) is 14.0. The molecule has 1 aliphatic rings. The van der Waals surface area contributed by atoms with Gasteiger partial charge in [-0.05, 0) is 18.4 Å². The Kier molecular flexibility index (Phi) is 5.32. The lowest BCUT2D eigenvalue weighted by atomic mass is 10.0. The molecule has 104 valence electrons. The number of rotatable bonds is 5. The molecule has 0 aromatic heterocycles. The minimum absolute atomic E-state index is 0.183. The molecule has 1 aliphatic heterocycles. The summed E-state index contributed by atoms with van der Waals surface area (Å²) in [5.74, 6) is -0.191. The molecule has 2 rings (SSSR count). The van der Waals surface area contributed by atoms with Gasteiger partial charge in [0.2, 0.25) is 0 Å². The smallest absolute Gasteiger partial charge is 0.322 e. The third kappa shape index (κ3) is 4.31. The summed E-state index contributed by atoms with van der Waals surface area (Å²) in [5, 5.41) is 3.15. The number of carbonyl (C=O) groups excluding carboxylic acids is 1. The number of ether oxygens (including phenoxy) is 1. The van der Waals surface area contributed by atoms with E-state index >= 15 is 0 Å². The first-order chi connectivity index (χ1) is 9.29. The summed E-state index contributed by atoms with van der Waals surface area (Å²) in [5.41, 5.74) is 4.16. The molecular weight excluding hydrogens is 244 g/mol. The van der Waals surface area contributed by atoms with E-state index in [1.165, 1.54) is 7.11 Å². The van der Waals surface area contributed by atoms with Crippen LogP contribution in [0.5, 0.6) is 0 Å². The lowest BCUT2D eigenvalue weighted by Gasteiger charge is -2.28. The summed E-state index contributed by atoms with van der Waals surface area (Å²) in [7, 11) is 1.41. The normalized spacial score (nSPS) is 23.0. The molecule has 5 nitrogen and oxygen atoms in total. The van der Waals surface area contributed by atoms with Crippen molar-refractivity contribution in [1.82, 2.24) is 10.8 Å². The van der Waals surface area contributed by atoms with Crippen molar-refractivity contribution >= 4 is 5.97 Å². The molecular formula is C14H20N2O3. The van der Waals surface area contributed by atoms with Gasteiger partial charge in [0, 0.05) is 12.6 Å². The Balaban J connectivity index is 1.65. The van der Waals surface area contributed by atoms with Crippen LogP contribution in [0.2, 0.25) is 0 Å². The van der Waals surface area contributed by atoms with Crippen LogP contribution < -0.4 is 10.8 Å². The lowest BCUT2D eigenvalue weighted by Crippen LogP contribution is -2.50. The van der Waals surface area contributed by atoms with Gasteiger partial charge in [0.05, 0.1) is 13.7 Å². The monoisotopic (exact) mass is 264 g/mol. The second-order valence-corrected chi connectivity index (χ2v) is 4.65. The minimum Gasteiger partial charge on any atom is -0.468 e. The van der Waals surface area contributed by atoms with E-state index in [1.807, 2.05) is 30.3 Å². The van der Waals surface area contributed by atoms with Gasteiger partial charge >= 0.3 is 5.97 Å². The van der Waals surface area contributed by atoms with Crippen molar-refractivity contribution in [2.24, 2.45) is 0 Å². The molecule has 5 heteroatoms. The molecule has 0 bridgehead atoms. The highest BCUT2D eigenvalue weighted by molar-refractivity contribution is 5.75. The summed E-state index contributed by atoms with van der Waals surface area (Å²) < 4.78 is 4.71. The molecule has 1 saturated heterocycles. The van der Waals surface area contributed by atoms with Gasteiger partial charge in [-0.15, -0.1) is 0 Å². The van der Waals surface area contributed by atoms with Crippen LogP contribution in [-0.4, -0.2) is 31.7 Å². The Bertz CT molecular complexity index is 389. The van der Waals surface area contributed by atoms with Gasteiger partial charge < -0.3 is 10.1 Å². The van der Waals surface area contributed by atoms with Crippen LogP contribution in [0, 0.1) is 0 Å². The van der Waals surface area contributed by atoms with E-state index in [0.717, 1.165) is 18.4 Å². The average molecular weight is 264 g/mol. The lowest BCUT2D eigenvalue weighted by molar-refractivity contribution is -0.144. The number of hydrogen-bond acceptors (Lipinski definition) is 5. The van der Waals surface area contributed by atoms with Crippen molar-refractivity contribution < 1.29 is 14.4 Å². The second kappa shape index (κ2) is 7.23. The van der Waals surface area contributed by atoms with Crippen molar-refractivity contribution in [3.8, 4) is 0 Å². The number of hydroxylamine groups is 1. The Morgan fingerprint density at radius 1 is 1.37 bits per heavy atom. The SMILES string of the molecule is COC(=O)C1CCC(NOCc2ccccc2)CN1. The highest BCUT2D eigenvalue weighted by atomic mass is 16.6. The van der Waals surface area contributed by atoms with Gasteiger partial charge in [-0.3, -0.25) is 9.63 Å². The molecule has 0 aliphatic carbocycles. The van der Waals surface area contributed by atoms with E-state index in [1.54, 1.807) is 0 Å². The van der Waals surface area contributed by atoms with Crippen LogP contribution in [0.25, 0.3) is 0 Å². The molecule has 0 radical (unpaired) electrons. The zero-order chi connectivity index (χ0) is 13.5. The van der Waals surface area contributed by atoms with Gasteiger partial charge in [-0.2, -0.15) is 5.48 Å². The van der Waals surface area contributed by atoms with Crippen molar-refractivity contribution in [2.75, 3.05) is 13.7 Å². The van der Waals surface area contributed by atoms with E-state index in [-0.39, 0.29) is 18.1 Å². The van der Waals surface area contributed by atoms with Crippen LogP contribution in [0.4, 0.5) is 0 Å². The van der Waals surface area contributed by atoms with Gasteiger partial charge in [0.15, 0.2) is 0 Å². The first-order valence-corrected chi connectivity index (χ1v) is 6.52. The van der Waals surface area contributed by atoms with Crippen molar-refractivity contribution in [3.05, 3.63) is 35.9 Å². The largest absolute Gasteiger partial charge is 0.468 e. The first-order valence-electron chi connectivity index (χ1n) is 6.52. The van der Waals surface area contributed by atoms with Crippen LogP contribution in [-0.2, 0) is 21.0 Å². The molecule has 19 heavy (non-hydrogen) atoms. The molecule has 1 aromatic rings. The molecule has 0 saturated carbocycles. The van der Waals surface area contributed by atoms with Gasteiger partial charge in [0.25, 0.3) is 0 Å².